The van der Waals surface area contributed by atoms with Crippen molar-refractivity contribution in [1.82, 2.24) is 5.32 Å². The topological polar surface area (TPSA) is 66.4 Å². The standard InChI is InChI=1S/C16H23NO3/c1-12(13-7-5-4-6-8-13)11-14(18)17-16(2,3)10-9-15(19)20/h4-8,12H,9-11H2,1-3H3,(H,17,18)(H,19,20). The van der Waals surface area contributed by atoms with Gasteiger partial charge in [-0.2, -0.15) is 0 Å². The number of hydrogen-bond acceptors (Lipinski definition) is 2. The minimum absolute atomic E-state index is 0.0447. The first-order chi connectivity index (χ1) is 9.30. The number of amides is 1. The molecule has 1 rings (SSSR count). The summed E-state index contributed by atoms with van der Waals surface area (Å²) in [4.78, 5) is 22.6. The molecule has 0 heterocycles. The molecular formula is C16H23NO3. The molecule has 0 fully saturated rings. The van der Waals surface area contributed by atoms with E-state index in [1.165, 1.54) is 0 Å². The molecule has 20 heavy (non-hydrogen) atoms. The van der Waals surface area contributed by atoms with Crippen molar-refractivity contribution in [2.45, 2.75) is 51.5 Å². The van der Waals surface area contributed by atoms with Crippen LogP contribution in [0.15, 0.2) is 30.3 Å². The summed E-state index contributed by atoms with van der Waals surface area (Å²) in [5.74, 6) is -0.742. The summed E-state index contributed by atoms with van der Waals surface area (Å²) in [5, 5.41) is 11.6. The highest BCUT2D eigenvalue weighted by molar-refractivity contribution is 5.77. The molecule has 0 aliphatic rings. The molecule has 0 bridgehead atoms. The summed E-state index contributed by atoms with van der Waals surface area (Å²) in [7, 11) is 0. The van der Waals surface area contributed by atoms with E-state index >= 15 is 0 Å². The van der Waals surface area contributed by atoms with E-state index in [0.29, 0.717) is 12.8 Å². The van der Waals surface area contributed by atoms with Crippen molar-refractivity contribution in [1.29, 1.82) is 0 Å². The molecule has 1 amide bonds. The Hall–Kier alpha value is -1.84. The van der Waals surface area contributed by atoms with E-state index in [-0.39, 0.29) is 18.2 Å². The molecule has 2 N–H and O–H groups in total. The van der Waals surface area contributed by atoms with Gasteiger partial charge < -0.3 is 10.4 Å². The number of carbonyl (C=O) groups is 2. The second kappa shape index (κ2) is 7.08. The molecule has 1 aromatic rings. The maximum Gasteiger partial charge on any atom is 0.303 e. The third-order valence-electron chi connectivity index (χ3n) is 3.30. The summed E-state index contributed by atoms with van der Waals surface area (Å²) in [6, 6.07) is 9.88. The van der Waals surface area contributed by atoms with Crippen LogP contribution < -0.4 is 5.32 Å². The lowest BCUT2D eigenvalue weighted by molar-refractivity contribution is -0.137. The summed E-state index contributed by atoms with van der Waals surface area (Å²) < 4.78 is 0. The van der Waals surface area contributed by atoms with Gasteiger partial charge in [0.2, 0.25) is 5.91 Å². The van der Waals surface area contributed by atoms with E-state index in [2.05, 4.69) is 5.32 Å². The van der Waals surface area contributed by atoms with Crippen molar-refractivity contribution in [2.24, 2.45) is 0 Å². The zero-order valence-corrected chi connectivity index (χ0v) is 12.3. The van der Waals surface area contributed by atoms with Gasteiger partial charge in [0.05, 0.1) is 0 Å². The molecule has 0 spiro atoms. The summed E-state index contributed by atoms with van der Waals surface area (Å²) in [6.07, 6.45) is 0.885. The van der Waals surface area contributed by atoms with Crippen molar-refractivity contribution >= 4 is 11.9 Å². The number of aliphatic carboxylic acids is 1. The molecule has 0 aliphatic heterocycles. The zero-order chi connectivity index (χ0) is 15.2. The predicted octanol–water partition coefficient (Wildman–Crippen LogP) is 2.94. The Morgan fingerprint density at radius 1 is 1.25 bits per heavy atom. The maximum atomic E-state index is 12.0. The lowest BCUT2D eigenvalue weighted by Gasteiger charge is -2.26. The third-order valence-corrected chi connectivity index (χ3v) is 3.30. The van der Waals surface area contributed by atoms with E-state index in [1.807, 2.05) is 51.1 Å². The third kappa shape index (κ3) is 5.87. The number of hydrogen-bond donors (Lipinski definition) is 2. The highest BCUT2D eigenvalue weighted by Crippen LogP contribution is 2.19. The number of benzene rings is 1. The smallest absolute Gasteiger partial charge is 0.303 e. The Bertz CT molecular complexity index is 454. The Morgan fingerprint density at radius 3 is 2.40 bits per heavy atom. The average molecular weight is 277 g/mol. The number of carboxylic acid groups (broad SMARTS) is 1. The van der Waals surface area contributed by atoms with E-state index < -0.39 is 11.5 Å². The van der Waals surface area contributed by atoms with Crippen LogP contribution in [0.4, 0.5) is 0 Å². The second-order valence-corrected chi connectivity index (χ2v) is 5.84. The Kier molecular flexibility index (Phi) is 5.74. The summed E-state index contributed by atoms with van der Waals surface area (Å²) in [5.41, 5.74) is 0.636. The lowest BCUT2D eigenvalue weighted by atomic mass is 9.95. The van der Waals surface area contributed by atoms with Crippen LogP contribution in [-0.4, -0.2) is 22.5 Å². The molecule has 0 aromatic heterocycles. The molecule has 4 nitrogen and oxygen atoms in total. The summed E-state index contributed by atoms with van der Waals surface area (Å²) >= 11 is 0. The van der Waals surface area contributed by atoms with E-state index in [4.69, 9.17) is 5.11 Å². The number of nitrogens with one attached hydrogen (secondary N) is 1. The predicted molar refractivity (Wildman–Crippen MR) is 78.6 cm³/mol. The normalized spacial score (nSPS) is 12.8. The van der Waals surface area contributed by atoms with Crippen LogP contribution >= 0.6 is 0 Å². The Balaban J connectivity index is 2.48. The van der Waals surface area contributed by atoms with Crippen LogP contribution in [0.1, 0.15) is 51.5 Å². The molecule has 1 aromatic carbocycles. The first-order valence-electron chi connectivity index (χ1n) is 6.88. The Morgan fingerprint density at radius 2 is 1.85 bits per heavy atom. The van der Waals surface area contributed by atoms with Crippen molar-refractivity contribution in [3.05, 3.63) is 35.9 Å². The minimum atomic E-state index is -0.843. The van der Waals surface area contributed by atoms with E-state index in [0.717, 1.165) is 5.56 Å². The Labute approximate surface area is 120 Å². The van der Waals surface area contributed by atoms with Gasteiger partial charge in [-0.25, -0.2) is 0 Å². The average Bonchev–Trinajstić information content (AvgIpc) is 2.37. The van der Waals surface area contributed by atoms with Crippen LogP contribution in [0.5, 0.6) is 0 Å². The highest BCUT2D eigenvalue weighted by Gasteiger charge is 2.22. The fourth-order valence-electron chi connectivity index (χ4n) is 2.09. The van der Waals surface area contributed by atoms with Crippen molar-refractivity contribution < 1.29 is 14.7 Å². The maximum absolute atomic E-state index is 12.0. The fourth-order valence-corrected chi connectivity index (χ4v) is 2.09. The molecule has 0 radical (unpaired) electrons. The van der Waals surface area contributed by atoms with Gasteiger partial charge in [0, 0.05) is 18.4 Å². The van der Waals surface area contributed by atoms with Gasteiger partial charge in [-0.05, 0) is 31.7 Å². The van der Waals surface area contributed by atoms with Crippen molar-refractivity contribution in [3.63, 3.8) is 0 Å². The van der Waals surface area contributed by atoms with Crippen molar-refractivity contribution in [3.8, 4) is 0 Å². The van der Waals surface area contributed by atoms with E-state index in [9.17, 15) is 9.59 Å². The lowest BCUT2D eigenvalue weighted by Crippen LogP contribution is -2.44. The number of rotatable bonds is 7. The fraction of sp³-hybridized carbons (Fsp3) is 0.500. The number of carbonyl (C=O) groups excluding carboxylic acids is 1. The van der Waals surface area contributed by atoms with Gasteiger partial charge in [-0.1, -0.05) is 37.3 Å². The van der Waals surface area contributed by atoms with Crippen LogP contribution in [0, 0.1) is 0 Å². The van der Waals surface area contributed by atoms with Crippen LogP contribution in [-0.2, 0) is 9.59 Å². The summed E-state index contributed by atoms with van der Waals surface area (Å²) in [6.45, 7) is 5.71. The van der Waals surface area contributed by atoms with Gasteiger partial charge in [-0.3, -0.25) is 9.59 Å². The molecule has 4 heteroatoms. The van der Waals surface area contributed by atoms with Gasteiger partial charge in [0.1, 0.15) is 0 Å². The van der Waals surface area contributed by atoms with Crippen LogP contribution in [0.25, 0.3) is 0 Å². The minimum Gasteiger partial charge on any atom is -0.481 e. The molecule has 1 atom stereocenters. The van der Waals surface area contributed by atoms with Crippen LogP contribution in [0.2, 0.25) is 0 Å². The van der Waals surface area contributed by atoms with E-state index in [1.54, 1.807) is 0 Å². The number of carboxylic acids is 1. The molecule has 1 unspecified atom stereocenters. The van der Waals surface area contributed by atoms with Gasteiger partial charge in [-0.15, -0.1) is 0 Å². The van der Waals surface area contributed by atoms with Gasteiger partial charge in [0.15, 0.2) is 0 Å². The zero-order valence-electron chi connectivity index (χ0n) is 12.3. The van der Waals surface area contributed by atoms with Crippen molar-refractivity contribution in [2.75, 3.05) is 0 Å². The monoisotopic (exact) mass is 277 g/mol. The first kappa shape index (κ1) is 16.2. The molecular weight excluding hydrogens is 254 g/mol. The molecule has 110 valence electrons. The van der Waals surface area contributed by atoms with Crippen LogP contribution in [0.3, 0.4) is 0 Å². The first-order valence-corrected chi connectivity index (χ1v) is 6.88. The second-order valence-electron chi connectivity index (χ2n) is 5.84. The molecule has 0 aliphatic carbocycles. The molecule has 0 saturated carbocycles. The van der Waals surface area contributed by atoms with Gasteiger partial charge >= 0.3 is 5.97 Å². The molecule has 0 saturated heterocycles. The quantitative estimate of drug-likeness (QED) is 0.805. The highest BCUT2D eigenvalue weighted by atomic mass is 16.4. The largest absolute Gasteiger partial charge is 0.481 e. The van der Waals surface area contributed by atoms with Gasteiger partial charge in [0.25, 0.3) is 0 Å². The SMILES string of the molecule is CC(CC(=O)NC(C)(C)CCC(=O)O)c1ccccc1.